The summed E-state index contributed by atoms with van der Waals surface area (Å²) in [7, 11) is 0. The third-order valence-corrected chi connectivity index (χ3v) is 10.8. The van der Waals surface area contributed by atoms with Gasteiger partial charge in [0.15, 0.2) is 6.29 Å². The molecule has 0 saturated carbocycles. The number of ether oxygens (including phenoxy) is 2. The summed E-state index contributed by atoms with van der Waals surface area (Å²) < 4.78 is 11.2. The molecule has 1 saturated heterocycles. The number of unbranched alkanes of at least 4 members (excludes halogenated alkanes) is 20. The Hall–Kier alpha value is -2.11. The molecule has 0 spiro atoms. The van der Waals surface area contributed by atoms with Crippen LogP contribution < -0.4 is 5.32 Å². The second kappa shape index (κ2) is 39.1. The molecule has 6 N–H and O–H groups in total. The Balaban J connectivity index is 2.40. The summed E-state index contributed by atoms with van der Waals surface area (Å²) in [4.78, 5) is 13.0. The summed E-state index contributed by atoms with van der Waals surface area (Å²) in [5.41, 5.74) is 0. The minimum atomic E-state index is -1.58. The lowest BCUT2D eigenvalue weighted by atomic mass is 9.99. The van der Waals surface area contributed by atoms with Gasteiger partial charge in [-0.25, -0.2) is 0 Å². The highest BCUT2D eigenvalue weighted by Crippen LogP contribution is 2.22. The van der Waals surface area contributed by atoms with E-state index in [4.69, 9.17) is 9.47 Å². The molecule has 1 amide bonds. The lowest BCUT2D eigenvalue weighted by Crippen LogP contribution is -2.60. The van der Waals surface area contributed by atoms with Crippen LogP contribution in [0.3, 0.4) is 0 Å². The van der Waals surface area contributed by atoms with Crippen molar-refractivity contribution in [2.24, 2.45) is 0 Å². The minimum Gasteiger partial charge on any atom is -0.394 e. The predicted molar refractivity (Wildman–Crippen MR) is 239 cm³/mol. The van der Waals surface area contributed by atoms with Gasteiger partial charge < -0.3 is 40.3 Å². The molecule has 9 nitrogen and oxygen atoms in total. The van der Waals surface area contributed by atoms with Crippen LogP contribution in [-0.4, -0.2) is 87.5 Å². The molecule has 0 aromatic heterocycles. The van der Waals surface area contributed by atoms with Gasteiger partial charge in [0.2, 0.25) is 5.91 Å². The highest BCUT2D eigenvalue weighted by molar-refractivity contribution is 5.76. The minimum absolute atomic E-state index is 0.202. The quantitative estimate of drug-likeness (QED) is 0.0267. The van der Waals surface area contributed by atoms with E-state index in [1.807, 2.05) is 6.08 Å². The van der Waals surface area contributed by atoms with Gasteiger partial charge in [-0.1, -0.05) is 164 Å². The smallest absolute Gasteiger partial charge is 0.220 e. The third kappa shape index (κ3) is 29.2. The van der Waals surface area contributed by atoms with Gasteiger partial charge in [-0.05, 0) is 77.0 Å². The highest BCUT2D eigenvalue weighted by atomic mass is 16.7. The van der Waals surface area contributed by atoms with E-state index in [1.165, 1.54) is 96.3 Å². The lowest BCUT2D eigenvalue weighted by Gasteiger charge is -2.40. The lowest BCUT2D eigenvalue weighted by molar-refractivity contribution is -0.302. The van der Waals surface area contributed by atoms with Crippen molar-refractivity contribution >= 4 is 5.91 Å². The molecule has 1 rings (SSSR count). The fourth-order valence-corrected chi connectivity index (χ4v) is 6.98. The Kier molecular flexibility index (Phi) is 36.3. The normalized spacial score (nSPS) is 21.4. The molecule has 336 valence electrons. The van der Waals surface area contributed by atoms with Crippen molar-refractivity contribution in [3.63, 3.8) is 0 Å². The summed E-state index contributed by atoms with van der Waals surface area (Å²) in [5, 5.41) is 54.2. The zero-order valence-electron chi connectivity index (χ0n) is 36.8. The van der Waals surface area contributed by atoms with E-state index < -0.39 is 49.5 Å². The van der Waals surface area contributed by atoms with Crippen LogP contribution in [0.4, 0.5) is 0 Å². The van der Waals surface area contributed by atoms with E-state index in [1.54, 1.807) is 6.08 Å². The molecule has 0 aliphatic carbocycles. The zero-order chi connectivity index (χ0) is 42.3. The van der Waals surface area contributed by atoms with Gasteiger partial charge in [0.25, 0.3) is 0 Å². The molecule has 0 bridgehead atoms. The van der Waals surface area contributed by atoms with E-state index >= 15 is 0 Å². The Labute approximate surface area is 354 Å². The molecule has 9 heteroatoms. The topological polar surface area (TPSA) is 149 Å². The first kappa shape index (κ1) is 53.9. The molecule has 7 unspecified atom stereocenters. The molecule has 1 heterocycles. The standard InChI is InChI=1S/C49H87NO8/c1-3-5-7-9-11-13-15-17-19-21-23-24-26-28-30-32-34-36-38-43(52)42(41-57-49-48(56)47(55)46(54)44(40-51)58-49)50-45(53)39-37-35-33-31-29-27-25-22-20-18-16-14-12-10-8-6-4-2/h12,14,18,20-21,23,28,30,36,38,42-44,46-49,51-52,54-56H,3-11,13,15-17,19,22,24-27,29,31-35,37,39-41H2,1-2H3,(H,50,53)/b14-12-,20-18-,23-21+,30-28+,38-36+. The fourth-order valence-electron chi connectivity index (χ4n) is 6.98. The van der Waals surface area contributed by atoms with Crippen LogP contribution in [0.25, 0.3) is 0 Å². The van der Waals surface area contributed by atoms with Gasteiger partial charge in [0, 0.05) is 6.42 Å². The summed E-state index contributed by atoms with van der Waals surface area (Å²) in [6.07, 6.45) is 44.0. The monoisotopic (exact) mass is 818 g/mol. The van der Waals surface area contributed by atoms with Gasteiger partial charge >= 0.3 is 0 Å². The Bertz CT molecular complexity index is 1090. The highest BCUT2D eigenvalue weighted by Gasteiger charge is 2.44. The van der Waals surface area contributed by atoms with Gasteiger partial charge in [0.1, 0.15) is 24.4 Å². The van der Waals surface area contributed by atoms with Crippen LogP contribution >= 0.6 is 0 Å². The van der Waals surface area contributed by atoms with Gasteiger partial charge in [-0.2, -0.15) is 0 Å². The van der Waals surface area contributed by atoms with Crippen molar-refractivity contribution in [3.8, 4) is 0 Å². The van der Waals surface area contributed by atoms with Gasteiger partial charge in [-0.15, -0.1) is 0 Å². The SMILES string of the molecule is CCCCC/C=C\C/C=C\CCCCCCCCCC(=O)NC(COC1OC(CO)C(O)C(O)C1O)C(O)/C=C/CC/C=C/CC/C=C/CCCCCCCCCC. The van der Waals surface area contributed by atoms with E-state index in [-0.39, 0.29) is 12.5 Å². The summed E-state index contributed by atoms with van der Waals surface area (Å²) in [6, 6.07) is -0.833. The molecular formula is C49H87NO8. The van der Waals surface area contributed by atoms with Gasteiger partial charge in [-0.3, -0.25) is 4.79 Å². The van der Waals surface area contributed by atoms with E-state index in [9.17, 15) is 30.3 Å². The number of hydrogen-bond donors (Lipinski definition) is 6. The second-order valence-corrected chi connectivity index (χ2v) is 16.2. The van der Waals surface area contributed by atoms with Crippen LogP contribution in [0, 0.1) is 0 Å². The van der Waals surface area contributed by atoms with Crippen LogP contribution in [0.5, 0.6) is 0 Å². The first-order valence-electron chi connectivity index (χ1n) is 23.5. The number of amides is 1. The predicted octanol–water partition coefficient (Wildman–Crippen LogP) is 10.0. The maximum atomic E-state index is 13.0. The largest absolute Gasteiger partial charge is 0.394 e. The molecule has 0 aromatic rings. The number of allylic oxidation sites excluding steroid dienone is 9. The average molecular weight is 818 g/mol. The van der Waals surface area contributed by atoms with Crippen molar-refractivity contribution in [2.75, 3.05) is 13.2 Å². The van der Waals surface area contributed by atoms with E-state index in [0.717, 1.165) is 70.6 Å². The van der Waals surface area contributed by atoms with Crippen molar-refractivity contribution in [1.29, 1.82) is 0 Å². The first-order chi connectivity index (χ1) is 28.3. The first-order valence-corrected chi connectivity index (χ1v) is 23.5. The molecule has 7 atom stereocenters. The Morgan fingerprint density at radius 2 is 1.03 bits per heavy atom. The maximum Gasteiger partial charge on any atom is 0.220 e. The zero-order valence-corrected chi connectivity index (χ0v) is 36.8. The van der Waals surface area contributed by atoms with Crippen molar-refractivity contribution < 1.29 is 39.8 Å². The number of hydrogen-bond acceptors (Lipinski definition) is 8. The van der Waals surface area contributed by atoms with Crippen LogP contribution in [-0.2, 0) is 14.3 Å². The summed E-state index contributed by atoms with van der Waals surface area (Å²) >= 11 is 0. The van der Waals surface area contributed by atoms with Crippen LogP contribution in [0.15, 0.2) is 60.8 Å². The van der Waals surface area contributed by atoms with Gasteiger partial charge in [0.05, 0.1) is 25.4 Å². The number of aliphatic hydroxyl groups is 5. The van der Waals surface area contributed by atoms with Crippen molar-refractivity contribution in [2.45, 2.75) is 230 Å². The second-order valence-electron chi connectivity index (χ2n) is 16.2. The molecule has 0 aromatic carbocycles. The van der Waals surface area contributed by atoms with Crippen molar-refractivity contribution in [1.82, 2.24) is 5.32 Å². The Morgan fingerprint density at radius 3 is 1.59 bits per heavy atom. The molecular weight excluding hydrogens is 731 g/mol. The van der Waals surface area contributed by atoms with E-state index in [0.29, 0.717) is 6.42 Å². The van der Waals surface area contributed by atoms with Crippen LogP contribution in [0.2, 0.25) is 0 Å². The number of rotatable bonds is 38. The Morgan fingerprint density at radius 1 is 0.586 bits per heavy atom. The molecule has 1 aliphatic heterocycles. The maximum absolute atomic E-state index is 13.0. The number of nitrogens with one attached hydrogen (secondary N) is 1. The molecule has 1 aliphatic rings. The van der Waals surface area contributed by atoms with Crippen molar-refractivity contribution in [3.05, 3.63) is 60.8 Å². The fraction of sp³-hybridized carbons (Fsp3) is 0.776. The van der Waals surface area contributed by atoms with E-state index in [2.05, 4.69) is 67.8 Å². The van der Waals surface area contributed by atoms with Crippen LogP contribution in [0.1, 0.15) is 187 Å². The third-order valence-electron chi connectivity index (χ3n) is 10.8. The molecule has 1 fully saturated rings. The summed E-state index contributed by atoms with van der Waals surface area (Å²) in [6.45, 7) is 3.71. The summed E-state index contributed by atoms with van der Waals surface area (Å²) in [5.74, 6) is -0.202. The number of aliphatic hydroxyl groups excluding tert-OH is 5. The molecule has 0 radical (unpaired) electrons. The molecule has 58 heavy (non-hydrogen) atoms. The average Bonchev–Trinajstić information content (AvgIpc) is 3.22. The number of carbonyl (C=O) groups excluding carboxylic acids is 1. The number of carbonyl (C=O) groups is 1.